The first-order valence-corrected chi connectivity index (χ1v) is 11.3. The SMILES string of the molecule is O=C(Cn1c(=O)n(CC(=O)N2CCCCC2)c(=O)c2sccc21)NCc1ccc(F)cc1. The fourth-order valence-corrected chi connectivity index (χ4v) is 4.65. The maximum Gasteiger partial charge on any atom is 0.332 e. The van der Waals surface area contributed by atoms with Crippen LogP contribution in [0.3, 0.4) is 0 Å². The first kappa shape index (κ1) is 21.9. The standard InChI is InChI=1S/C22H23FN4O4S/c23-16-6-4-15(5-7-16)12-24-18(28)13-26-17-8-11-32-20(17)21(30)27(22(26)31)14-19(29)25-9-2-1-3-10-25/h4-8,11H,1-3,9-10,12-14H2,(H,24,28). The van der Waals surface area contributed by atoms with Crippen LogP contribution in [-0.4, -0.2) is 38.9 Å². The summed E-state index contributed by atoms with van der Waals surface area (Å²) in [7, 11) is 0. The number of thiophene rings is 1. The fraction of sp³-hybridized carbons (Fsp3) is 0.364. The molecule has 2 amide bonds. The highest BCUT2D eigenvalue weighted by molar-refractivity contribution is 7.17. The van der Waals surface area contributed by atoms with E-state index in [1.807, 2.05) is 0 Å². The zero-order valence-electron chi connectivity index (χ0n) is 17.4. The van der Waals surface area contributed by atoms with Gasteiger partial charge in [-0.25, -0.2) is 13.8 Å². The molecule has 0 saturated carbocycles. The largest absolute Gasteiger partial charge is 0.350 e. The second kappa shape index (κ2) is 9.47. The van der Waals surface area contributed by atoms with Gasteiger partial charge in [-0.3, -0.25) is 19.0 Å². The lowest BCUT2D eigenvalue weighted by Crippen LogP contribution is -2.46. The van der Waals surface area contributed by atoms with Gasteiger partial charge in [-0.05, 0) is 48.4 Å². The summed E-state index contributed by atoms with van der Waals surface area (Å²) < 4.78 is 15.5. The van der Waals surface area contributed by atoms with Gasteiger partial charge in [0.25, 0.3) is 5.56 Å². The Morgan fingerprint density at radius 3 is 2.41 bits per heavy atom. The molecule has 4 rings (SSSR count). The molecule has 1 aliphatic heterocycles. The molecular weight excluding hydrogens is 435 g/mol. The zero-order chi connectivity index (χ0) is 22.7. The number of rotatable bonds is 6. The Morgan fingerprint density at radius 2 is 1.69 bits per heavy atom. The first-order valence-electron chi connectivity index (χ1n) is 10.4. The summed E-state index contributed by atoms with van der Waals surface area (Å²) in [5, 5.41) is 4.37. The molecule has 168 valence electrons. The number of hydrogen-bond acceptors (Lipinski definition) is 5. The van der Waals surface area contributed by atoms with E-state index >= 15 is 0 Å². The van der Waals surface area contributed by atoms with Crippen LogP contribution in [0, 0.1) is 5.82 Å². The van der Waals surface area contributed by atoms with Crippen LogP contribution in [0.25, 0.3) is 10.2 Å². The van der Waals surface area contributed by atoms with Crippen molar-refractivity contribution in [3.63, 3.8) is 0 Å². The highest BCUT2D eigenvalue weighted by Gasteiger charge is 2.21. The molecule has 1 saturated heterocycles. The highest BCUT2D eigenvalue weighted by atomic mass is 32.1. The number of nitrogens with zero attached hydrogens (tertiary/aromatic N) is 3. The Bertz CT molecular complexity index is 1260. The van der Waals surface area contributed by atoms with Gasteiger partial charge in [-0.1, -0.05) is 12.1 Å². The van der Waals surface area contributed by atoms with Gasteiger partial charge in [0, 0.05) is 19.6 Å². The molecule has 3 heterocycles. The number of halogens is 1. The second-order valence-electron chi connectivity index (χ2n) is 7.74. The summed E-state index contributed by atoms with van der Waals surface area (Å²) in [6.07, 6.45) is 2.87. The van der Waals surface area contributed by atoms with E-state index in [-0.39, 0.29) is 31.4 Å². The lowest BCUT2D eigenvalue weighted by Gasteiger charge is -2.26. The highest BCUT2D eigenvalue weighted by Crippen LogP contribution is 2.15. The van der Waals surface area contributed by atoms with Crippen LogP contribution in [0.4, 0.5) is 4.39 Å². The van der Waals surface area contributed by atoms with Crippen molar-refractivity contribution >= 4 is 33.4 Å². The van der Waals surface area contributed by atoms with Crippen LogP contribution >= 0.6 is 11.3 Å². The van der Waals surface area contributed by atoms with Gasteiger partial charge in [0.15, 0.2) is 0 Å². The molecule has 10 heteroatoms. The Labute approximate surface area is 186 Å². The van der Waals surface area contributed by atoms with Crippen LogP contribution in [0.15, 0.2) is 45.3 Å². The summed E-state index contributed by atoms with van der Waals surface area (Å²) in [6, 6.07) is 7.34. The molecule has 32 heavy (non-hydrogen) atoms. The molecule has 8 nitrogen and oxygen atoms in total. The average Bonchev–Trinajstić information content (AvgIpc) is 3.29. The summed E-state index contributed by atoms with van der Waals surface area (Å²) in [6.45, 7) is 0.769. The number of amides is 2. The normalized spacial score (nSPS) is 14.0. The Kier molecular flexibility index (Phi) is 6.50. The van der Waals surface area contributed by atoms with E-state index in [1.165, 1.54) is 28.0 Å². The van der Waals surface area contributed by atoms with Crippen LogP contribution in [0.5, 0.6) is 0 Å². The van der Waals surface area contributed by atoms with Crippen LogP contribution in [0.2, 0.25) is 0 Å². The van der Waals surface area contributed by atoms with Crippen LogP contribution < -0.4 is 16.6 Å². The van der Waals surface area contributed by atoms with Gasteiger partial charge < -0.3 is 10.2 Å². The van der Waals surface area contributed by atoms with Crippen molar-refractivity contribution in [2.45, 2.75) is 38.9 Å². The molecule has 0 atom stereocenters. The van der Waals surface area contributed by atoms with E-state index < -0.39 is 17.2 Å². The number of piperidine rings is 1. The monoisotopic (exact) mass is 458 g/mol. The number of nitrogens with one attached hydrogen (secondary N) is 1. The number of carbonyl (C=O) groups excluding carboxylic acids is 2. The van der Waals surface area contributed by atoms with Crippen molar-refractivity contribution in [3.05, 3.63) is 67.9 Å². The summed E-state index contributed by atoms with van der Waals surface area (Å²) in [5.74, 6) is -1.07. The minimum atomic E-state index is -0.691. The van der Waals surface area contributed by atoms with E-state index in [0.717, 1.165) is 23.8 Å². The third-order valence-electron chi connectivity index (χ3n) is 5.54. The molecule has 1 aliphatic rings. The first-order chi connectivity index (χ1) is 15.4. The van der Waals surface area contributed by atoms with Gasteiger partial charge in [0.1, 0.15) is 23.6 Å². The number of hydrogen-bond donors (Lipinski definition) is 1. The molecule has 0 radical (unpaired) electrons. The molecule has 2 aromatic heterocycles. The molecule has 0 spiro atoms. The maximum atomic E-state index is 13.1. The number of carbonyl (C=O) groups is 2. The third-order valence-corrected chi connectivity index (χ3v) is 6.43. The van der Waals surface area contributed by atoms with Crippen LogP contribution in [0.1, 0.15) is 24.8 Å². The zero-order valence-corrected chi connectivity index (χ0v) is 18.2. The molecule has 0 bridgehead atoms. The molecule has 1 fully saturated rings. The van der Waals surface area contributed by atoms with Crippen LogP contribution in [-0.2, 0) is 29.2 Å². The van der Waals surface area contributed by atoms with Gasteiger partial charge >= 0.3 is 5.69 Å². The number of aromatic nitrogens is 2. The van der Waals surface area contributed by atoms with E-state index in [1.54, 1.807) is 28.5 Å². The van der Waals surface area contributed by atoms with E-state index in [2.05, 4.69) is 5.32 Å². The molecule has 1 aromatic carbocycles. The van der Waals surface area contributed by atoms with Gasteiger partial charge in [-0.15, -0.1) is 11.3 Å². The Hall–Kier alpha value is -3.27. The van der Waals surface area contributed by atoms with E-state index in [4.69, 9.17) is 0 Å². The second-order valence-corrected chi connectivity index (χ2v) is 8.66. The van der Waals surface area contributed by atoms with Crippen molar-refractivity contribution in [1.29, 1.82) is 0 Å². The average molecular weight is 459 g/mol. The van der Waals surface area contributed by atoms with Gasteiger partial charge in [-0.2, -0.15) is 0 Å². The summed E-state index contributed by atoms with van der Waals surface area (Å²) in [5.41, 5.74) is -0.134. The van der Waals surface area contributed by atoms with Crippen molar-refractivity contribution in [2.75, 3.05) is 13.1 Å². The lowest BCUT2D eigenvalue weighted by atomic mass is 10.1. The smallest absolute Gasteiger partial charge is 0.332 e. The Balaban J connectivity index is 1.56. The number of fused-ring (bicyclic) bond motifs is 1. The Morgan fingerprint density at radius 1 is 0.969 bits per heavy atom. The molecule has 0 aliphatic carbocycles. The molecular formula is C22H23FN4O4S. The van der Waals surface area contributed by atoms with E-state index in [0.29, 0.717) is 28.9 Å². The fourth-order valence-electron chi connectivity index (χ4n) is 3.81. The number of benzene rings is 1. The molecule has 1 N–H and O–H groups in total. The van der Waals surface area contributed by atoms with Gasteiger partial charge in [0.05, 0.1) is 5.52 Å². The predicted octanol–water partition coefficient (Wildman–Crippen LogP) is 1.69. The topological polar surface area (TPSA) is 93.4 Å². The maximum absolute atomic E-state index is 13.1. The van der Waals surface area contributed by atoms with Crippen molar-refractivity contribution < 1.29 is 14.0 Å². The predicted molar refractivity (Wildman–Crippen MR) is 119 cm³/mol. The lowest BCUT2D eigenvalue weighted by molar-refractivity contribution is -0.132. The van der Waals surface area contributed by atoms with Crippen molar-refractivity contribution in [2.24, 2.45) is 0 Å². The molecule has 3 aromatic rings. The quantitative estimate of drug-likeness (QED) is 0.608. The molecule has 0 unspecified atom stereocenters. The van der Waals surface area contributed by atoms with E-state index in [9.17, 15) is 23.6 Å². The summed E-state index contributed by atoms with van der Waals surface area (Å²) in [4.78, 5) is 52.9. The van der Waals surface area contributed by atoms with Gasteiger partial charge in [0.2, 0.25) is 11.8 Å². The minimum absolute atomic E-state index is 0.174. The third kappa shape index (κ3) is 4.64. The minimum Gasteiger partial charge on any atom is -0.350 e. The van der Waals surface area contributed by atoms with Crippen molar-refractivity contribution in [3.8, 4) is 0 Å². The summed E-state index contributed by atoms with van der Waals surface area (Å²) >= 11 is 1.17. The number of likely N-dealkylation sites (tertiary alicyclic amines) is 1. The van der Waals surface area contributed by atoms with Crippen molar-refractivity contribution in [1.82, 2.24) is 19.4 Å².